The topological polar surface area (TPSA) is 0 Å². The van der Waals surface area contributed by atoms with Crippen molar-refractivity contribution in [2.75, 3.05) is 0 Å². The van der Waals surface area contributed by atoms with E-state index in [4.69, 9.17) is 0 Å². The average molecular weight is 244 g/mol. The zero-order valence-electron chi connectivity index (χ0n) is 12.8. The molecule has 0 amide bonds. The summed E-state index contributed by atoms with van der Waals surface area (Å²) in [5.41, 5.74) is 7.57. The van der Waals surface area contributed by atoms with Crippen LogP contribution in [0.1, 0.15) is 67.3 Å². The summed E-state index contributed by atoms with van der Waals surface area (Å²) in [6.07, 6.45) is 6.82. The van der Waals surface area contributed by atoms with Crippen LogP contribution in [0.25, 0.3) is 0 Å². The summed E-state index contributed by atoms with van der Waals surface area (Å²) in [5.74, 6) is 0.522. The molecule has 1 aromatic rings. The van der Waals surface area contributed by atoms with Gasteiger partial charge < -0.3 is 0 Å². The monoisotopic (exact) mass is 244 g/mol. The molecule has 0 radical (unpaired) electrons. The molecule has 18 heavy (non-hydrogen) atoms. The number of aryl methyl sites for hydroxylation is 1. The number of benzene rings is 1. The third kappa shape index (κ3) is 2.85. The minimum atomic E-state index is 0.522. The van der Waals surface area contributed by atoms with Crippen molar-refractivity contribution in [3.8, 4) is 0 Å². The van der Waals surface area contributed by atoms with Gasteiger partial charge in [-0.3, -0.25) is 0 Å². The fraction of sp³-hybridized carbons (Fsp3) is 0.556. The second kappa shape index (κ2) is 6.78. The van der Waals surface area contributed by atoms with Crippen LogP contribution in [-0.4, -0.2) is 0 Å². The fourth-order valence-electron chi connectivity index (χ4n) is 3.16. The molecule has 0 N–H and O–H groups in total. The molecule has 0 aliphatic carbocycles. The van der Waals surface area contributed by atoms with Crippen LogP contribution < -0.4 is 0 Å². The Kier molecular flexibility index (Phi) is 5.65. The summed E-state index contributed by atoms with van der Waals surface area (Å²) in [6.45, 7) is 15.4. The molecule has 0 aliphatic rings. The van der Waals surface area contributed by atoms with E-state index in [9.17, 15) is 0 Å². The van der Waals surface area contributed by atoms with Crippen LogP contribution in [0.2, 0.25) is 0 Å². The van der Waals surface area contributed by atoms with Gasteiger partial charge in [0.1, 0.15) is 0 Å². The number of rotatable bonds is 6. The summed E-state index contributed by atoms with van der Waals surface area (Å²) < 4.78 is 0. The Morgan fingerprint density at radius 2 is 1.72 bits per heavy atom. The average Bonchev–Trinajstić information content (AvgIpc) is 2.36. The van der Waals surface area contributed by atoms with Gasteiger partial charge in [0.25, 0.3) is 0 Å². The van der Waals surface area contributed by atoms with Gasteiger partial charge in [-0.25, -0.2) is 0 Å². The molecular formula is C18H28. The maximum Gasteiger partial charge on any atom is 0.00181 e. The van der Waals surface area contributed by atoms with Crippen molar-refractivity contribution >= 4 is 0 Å². The van der Waals surface area contributed by atoms with Crippen LogP contribution in [0.3, 0.4) is 0 Å². The van der Waals surface area contributed by atoms with Crippen molar-refractivity contribution < 1.29 is 0 Å². The molecule has 0 aliphatic heterocycles. The highest BCUT2D eigenvalue weighted by Crippen LogP contribution is 2.32. The Bertz CT molecular complexity index is 413. The quantitative estimate of drug-likeness (QED) is 0.580. The second-order valence-electron chi connectivity index (χ2n) is 5.20. The van der Waals surface area contributed by atoms with E-state index in [1.54, 1.807) is 5.56 Å². The van der Waals surface area contributed by atoms with Crippen LogP contribution in [0.5, 0.6) is 0 Å². The second-order valence-corrected chi connectivity index (χ2v) is 5.20. The predicted octanol–water partition coefficient (Wildman–Crippen LogP) is 5.50. The molecule has 100 valence electrons. The van der Waals surface area contributed by atoms with Gasteiger partial charge in [-0.2, -0.15) is 0 Å². The molecule has 0 nitrogen and oxygen atoms in total. The molecule has 0 fully saturated rings. The lowest BCUT2D eigenvalue weighted by Crippen LogP contribution is -2.06. The standard InChI is InChI=1S/C18H28/c1-7-11-15(8-2)18-12-13(5)16(9-3)14(6)17(18)10-4/h8,12,15H,2,7,9-11H2,1,3-6H3. The Hall–Kier alpha value is -1.04. The first-order chi connectivity index (χ1) is 8.60. The fourth-order valence-corrected chi connectivity index (χ4v) is 3.16. The predicted molar refractivity (Wildman–Crippen MR) is 82.5 cm³/mol. The van der Waals surface area contributed by atoms with E-state index in [1.807, 2.05) is 0 Å². The largest absolute Gasteiger partial charge is 0.102 e. The molecule has 1 rings (SSSR count). The first kappa shape index (κ1) is 15.0. The van der Waals surface area contributed by atoms with E-state index in [0.29, 0.717) is 5.92 Å². The maximum atomic E-state index is 4.03. The van der Waals surface area contributed by atoms with Gasteiger partial charge in [-0.15, -0.1) is 6.58 Å². The molecule has 0 heteroatoms. The number of allylic oxidation sites excluding steroid dienone is 1. The van der Waals surface area contributed by atoms with E-state index in [0.717, 1.165) is 12.8 Å². The van der Waals surface area contributed by atoms with Gasteiger partial charge in [0.15, 0.2) is 0 Å². The molecular weight excluding hydrogens is 216 g/mol. The van der Waals surface area contributed by atoms with E-state index in [2.05, 4.69) is 53.3 Å². The van der Waals surface area contributed by atoms with E-state index >= 15 is 0 Å². The molecule has 0 heterocycles. The number of hydrogen-bond acceptors (Lipinski definition) is 0. The van der Waals surface area contributed by atoms with E-state index in [-0.39, 0.29) is 0 Å². The Labute approximate surface area is 113 Å². The third-order valence-electron chi connectivity index (χ3n) is 4.09. The summed E-state index contributed by atoms with van der Waals surface area (Å²) >= 11 is 0. The van der Waals surface area contributed by atoms with Crippen LogP contribution in [0, 0.1) is 13.8 Å². The smallest absolute Gasteiger partial charge is 0.00181 e. The van der Waals surface area contributed by atoms with Gasteiger partial charge >= 0.3 is 0 Å². The molecule has 0 spiro atoms. The van der Waals surface area contributed by atoms with Crippen molar-refractivity contribution in [2.45, 2.75) is 66.2 Å². The third-order valence-corrected chi connectivity index (χ3v) is 4.09. The Morgan fingerprint density at radius 1 is 1.11 bits per heavy atom. The zero-order valence-corrected chi connectivity index (χ0v) is 12.8. The summed E-state index contributed by atoms with van der Waals surface area (Å²) in [6, 6.07) is 2.41. The van der Waals surface area contributed by atoms with Gasteiger partial charge in [-0.05, 0) is 60.9 Å². The minimum Gasteiger partial charge on any atom is -0.102 e. The lowest BCUT2D eigenvalue weighted by Gasteiger charge is -2.22. The van der Waals surface area contributed by atoms with Crippen molar-refractivity contribution in [3.63, 3.8) is 0 Å². The van der Waals surface area contributed by atoms with Crippen LogP contribution in [0.15, 0.2) is 18.7 Å². The molecule has 0 bridgehead atoms. The van der Waals surface area contributed by atoms with E-state index < -0.39 is 0 Å². The van der Waals surface area contributed by atoms with Gasteiger partial charge in [-0.1, -0.05) is 39.3 Å². The highest BCUT2D eigenvalue weighted by Gasteiger charge is 2.16. The van der Waals surface area contributed by atoms with Gasteiger partial charge in [0.2, 0.25) is 0 Å². The lowest BCUT2D eigenvalue weighted by molar-refractivity contribution is 0.708. The minimum absolute atomic E-state index is 0.522. The summed E-state index contributed by atoms with van der Waals surface area (Å²) in [4.78, 5) is 0. The normalized spacial score (nSPS) is 12.5. The van der Waals surface area contributed by atoms with Crippen molar-refractivity contribution in [1.29, 1.82) is 0 Å². The highest BCUT2D eigenvalue weighted by molar-refractivity contribution is 5.47. The van der Waals surface area contributed by atoms with Gasteiger partial charge in [0.05, 0.1) is 0 Å². The van der Waals surface area contributed by atoms with Crippen molar-refractivity contribution in [1.82, 2.24) is 0 Å². The zero-order chi connectivity index (χ0) is 13.7. The summed E-state index contributed by atoms with van der Waals surface area (Å²) in [7, 11) is 0. The number of hydrogen-bond donors (Lipinski definition) is 0. The molecule has 0 aromatic heterocycles. The van der Waals surface area contributed by atoms with Crippen LogP contribution >= 0.6 is 0 Å². The van der Waals surface area contributed by atoms with Crippen LogP contribution in [0.4, 0.5) is 0 Å². The Morgan fingerprint density at radius 3 is 2.17 bits per heavy atom. The molecule has 1 atom stereocenters. The highest BCUT2D eigenvalue weighted by atomic mass is 14.2. The van der Waals surface area contributed by atoms with Crippen LogP contribution in [-0.2, 0) is 12.8 Å². The molecule has 1 aromatic carbocycles. The Balaban J connectivity index is 3.39. The van der Waals surface area contributed by atoms with Crippen molar-refractivity contribution in [2.24, 2.45) is 0 Å². The summed E-state index contributed by atoms with van der Waals surface area (Å²) in [5, 5.41) is 0. The maximum absolute atomic E-state index is 4.03. The van der Waals surface area contributed by atoms with Crippen molar-refractivity contribution in [3.05, 3.63) is 46.5 Å². The first-order valence-electron chi connectivity index (χ1n) is 7.34. The molecule has 1 unspecified atom stereocenters. The molecule has 0 saturated heterocycles. The first-order valence-corrected chi connectivity index (χ1v) is 7.34. The lowest BCUT2D eigenvalue weighted by atomic mass is 9.83. The molecule has 0 saturated carbocycles. The van der Waals surface area contributed by atoms with Gasteiger partial charge in [0, 0.05) is 5.92 Å². The van der Waals surface area contributed by atoms with E-state index in [1.165, 1.54) is 35.1 Å². The SMILES string of the molecule is C=CC(CCC)c1cc(C)c(CC)c(C)c1CC.